The summed E-state index contributed by atoms with van der Waals surface area (Å²) in [6, 6.07) is 16.0. The largest absolute Gasteiger partial charge is 0.380 e. The van der Waals surface area contributed by atoms with Gasteiger partial charge in [0.25, 0.3) is 0 Å². The molecular weight excluding hydrogens is 422 g/mol. The normalized spacial score (nSPS) is 19.6. The Hall–Kier alpha value is -3.72. The van der Waals surface area contributed by atoms with Crippen LogP contribution in [0.5, 0.6) is 0 Å². The SMILES string of the molecule is CC(=O)O/N=C(\N)c1ccc(CNC(=O)[C@H](C)N2CC(c3ccccc3)CC2C(N)=O)cc1. The summed E-state index contributed by atoms with van der Waals surface area (Å²) in [5.41, 5.74) is 14.0. The Morgan fingerprint density at radius 1 is 1.12 bits per heavy atom. The molecule has 2 amide bonds. The van der Waals surface area contributed by atoms with Crippen molar-refractivity contribution in [3.8, 4) is 0 Å². The van der Waals surface area contributed by atoms with E-state index in [1.807, 2.05) is 35.2 Å². The molecular formula is C24H29N5O4. The first-order valence-electron chi connectivity index (χ1n) is 10.7. The fourth-order valence-electron chi connectivity index (χ4n) is 3.98. The van der Waals surface area contributed by atoms with Gasteiger partial charge in [-0.2, -0.15) is 0 Å². The van der Waals surface area contributed by atoms with Crippen molar-refractivity contribution in [1.29, 1.82) is 0 Å². The molecule has 0 bridgehead atoms. The molecule has 1 heterocycles. The molecule has 0 spiro atoms. The van der Waals surface area contributed by atoms with E-state index in [-0.39, 0.29) is 17.7 Å². The summed E-state index contributed by atoms with van der Waals surface area (Å²) < 4.78 is 0. The van der Waals surface area contributed by atoms with Crippen LogP contribution in [0, 0.1) is 0 Å². The van der Waals surface area contributed by atoms with Gasteiger partial charge in [-0.25, -0.2) is 4.79 Å². The number of benzene rings is 2. The molecule has 9 nitrogen and oxygen atoms in total. The van der Waals surface area contributed by atoms with Crippen molar-refractivity contribution in [2.45, 2.75) is 44.8 Å². The van der Waals surface area contributed by atoms with Crippen molar-refractivity contribution in [1.82, 2.24) is 10.2 Å². The molecule has 1 saturated heterocycles. The first kappa shape index (κ1) is 23.9. The molecule has 3 rings (SSSR count). The predicted molar refractivity (Wildman–Crippen MR) is 124 cm³/mol. The van der Waals surface area contributed by atoms with Crippen LogP contribution in [0.1, 0.15) is 42.9 Å². The smallest absolute Gasteiger partial charge is 0.332 e. The molecule has 2 aromatic carbocycles. The molecule has 2 unspecified atom stereocenters. The van der Waals surface area contributed by atoms with E-state index in [0.29, 0.717) is 25.1 Å². The highest BCUT2D eigenvalue weighted by molar-refractivity contribution is 5.97. The van der Waals surface area contributed by atoms with Crippen LogP contribution in [0.4, 0.5) is 0 Å². The van der Waals surface area contributed by atoms with Gasteiger partial charge in [0, 0.05) is 25.6 Å². The first-order chi connectivity index (χ1) is 15.8. The Balaban J connectivity index is 1.60. The van der Waals surface area contributed by atoms with Crippen molar-refractivity contribution in [3.63, 3.8) is 0 Å². The minimum absolute atomic E-state index is 0.0777. The van der Waals surface area contributed by atoms with E-state index < -0.39 is 24.0 Å². The van der Waals surface area contributed by atoms with Gasteiger partial charge in [0.2, 0.25) is 11.8 Å². The van der Waals surface area contributed by atoms with Crippen molar-refractivity contribution in [2.75, 3.05) is 6.54 Å². The number of carbonyl (C=O) groups is 3. The lowest BCUT2D eigenvalue weighted by molar-refractivity contribution is -0.141. The molecule has 5 N–H and O–H groups in total. The third-order valence-corrected chi connectivity index (χ3v) is 5.80. The first-order valence-corrected chi connectivity index (χ1v) is 10.7. The molecule has 0 saturated carbocycles. The maximum atomic E-state index is 12.8. The Morgan fingerprint density at radius 2 is 1.79 bits per heavy atom. The zero-order valence-corrected chi connectivity index (χ0v) is 18.7. The minimum atomic E-state index is -0.557. The second-order valence-electron chi connectivity index (χ2n) is 8.11. The van der Waals surface area contributed by atoms with Gasteiger partial charge in [-0.15, -0.1) is 0 Å². The summed E-state index contributed by atoms with van der Waals surface area (Å²) in [5.74, 6) is -0.941. The summed E-state index contributed by atoms with van der Waals surface area (Å²) in [7, 11) is 0. The lowest BCUT2D eigenvalue weighted by atomic mass is 9.96. The van der Waals surface area contributed by atoms with Crippen LogP contribution in [-0.4, -0.2) is 47.1 Å². The van der Waals surface area contributed by atoms with Crippen molar-refractivity contribution >= 4 is 23.6 Å². The zero-order chi connectivity index (χ0) is 24.0. The minimum Gasteiger partial charge on any atom is -0.380 e. The Labute approximate surface area is 192 Å². The van der Waals surface area contributed by atoms with E-state index in [2.05, 4.69) is 15.3 Å². The summed E-state index contributed by atoms with van der Waals surface area (Å²) >= 11 is 0. The highest BCUT2D eigenvalue weighted by atomic mass is 16.7. The van der Waals surface area contributed by atoms with E-state index in [1.54, 1.807) is 31.2 Å². The number of nitrogens with zero attached hydrogens (tertiary/aromatic N) is 2. The van der Waals surface area contributed by atoms with Gasteiger partial charge in [-0.05, 0) is 30.4 Å². The van der Waals surface area contributed by atoms with Crippen LogP contribution < -0.4 is 16.8 Å². The van der Waals surface area contributed by atoms with E-state index in [1.165, 1.54) is 6.92 Å². The molecule has 1 aliphatic rings. The van der Waals surface area contributed by atoms with Gasteiger partial charge in [-0.3, -0.25) is 14.5 Å². The number of amidine groups is 1. The zero-order valence-electron chi connectivity index (χ0n) is 18.7. The number of nitrogens with one attached hydrogen (secondary N) is 1. The Morgan fingerprint density at radius 3 is 2.39 bits per heavy atom. The number of oxime groups is 1. The fourth-order valence-corrected chi connectivity index (χ4v) is 3.98. The average Bonchev–Trinajstić information content (AvgIpc) is 3.27. The molecule has 1 aliphatic heterocycles. The highest BCUT2D eigenvalue weighted by Gasteiger charge is 2.40. The lowest BCUT2D eigenvalue weighted by Gasteiger charge is -2.28. The highest BCUT2D eigenvalue weighted by Crippen LogP contribution is 2.33. The number of hydrogen-bond donors (Lipinski definition) is 3. The standard InChI is InChI=1S/C24H29N5O4/c1-15(29-14-20(12-21(29)23(26)31)18-6-4-3-5-7-18)24(32)27-13-17-8-10-19(11-9-17)22(25)28-33-16(2)30/h3-11,15,20-21H,12-14H2,1-2H3,(H2,25,28)(H2,26,31)(H,27,32)/t15-,20?,21?/m0/s1. The van der Waals surface area contributed by atoms with Crippen LogP contribution in [-0.2, 0) is 25.8 Å². The number of primary amides is 1. The third kappa shape index (κ3) is 6.17. The van der Waals surface area contributed by atoms with E-state index >= 15 is 0 Å². The van der Waals surface area contributed by atoms with Crippen molar-refractivity contribution < 1.29 is 19.2 Å². The monoisotopic (exact) mass is 451 g/mol. The average molecular weight is 452 g/mol. The van der Waals surface area contributed by atoms with Crippen LogP contribution in [0.3, 0.4) is 0 Å². The molecule has 0 aliphatic carbocycles. The number of nitrogens with two attached hydrogens (primary N) is 2. The van der Waals surface area contributed by atoms with Crippen LogP contribution in [0.15, 0.2) is 59.8 Å². The maximum Gasteiger partial charge on any atom is 0.332 e. The number of carbonyl (C=O) groups excluding carboxylic acids is 3. The molecule has 0 aromatic heterocycles. The molecule has 1 fully saturated rings. The topological polar surface area (TPSA) is 140 Å². The third-order valence-electron chi connectivity index (χ3n) is 5.80. The van der Waals surface area contributed by atoms with Crippen molar-refractivity contribution in [2.24, 2.45) is 16.6 Å². The van der Waals surface area contributed by atoms with E-state index in [4.69, 9.17) is 11.5 Å². The molecule has 9 heteroatoms. The summed E-state index contributed by atoms with van der Waals surface area (Å²) in [4.78, 5) is 42.2. The summed E-state index contributed by atoms with van der Waals surface area (Å²) in [6.07, 6.45) is 0.592. The number of likely N-dealkylation sites (tertiary alicyclic amines) is 1. The molecule has 174 valence electrons. The molecule has 0 radical (unpaired) electrons. The summed E-state index contributed by atoms with van der Waals surface area (Å²) in [6.45, 7) is 3.91. The van der Waals surface area contributed by atoms with Gasteiger partial charge >= 0.3 is 5.97 Å². The number of amides is 2. The fraction of sp³-hybridized carbons (Fsp3) is 0.333. The number of rotatable bonds is 8. The van der Waals surface area contributed by atoms with Crippen molar-refractivity contribution in [3.05, 3.63) is 71.3 Å². The second-order valence-corrected chi connectivity index (χ2v) is 8.11. The second kappa shape index (κ2) is 10.7. The lowest BCUT2D eigenvalue weighted by Crippen LogP contribution is -2.51. The molecule has 33 heavy (non-hydrogen) atoms. The van der Waals surface area contributed by atoms with Gasteiger partial charge < -0.3 is 21.6 Å². The van der Waals surface area contributed by atoms with Crippen LogP contribution in [0.25, 0.3) is 0 Å². The number of hydrogen-bond acceptors (Lipinski definition) is 6. The quantitative estimate of drug-likeness (QED) is 0.239. The predicted octanol–water partition coefficient (Wildman–Crippen LogP) is 1.22. The van der Waals surface area contributed by atoms with Crippen LogP contribution in [0.2, 0.25) is 0 Å². The van der Waals surface area contributed by atoms with Crippen LogP contribution >= 0.6 is 0 Å². The Kier molecular flexibility index (Phi) is 7.78. The van der Waals surface area contributed by atoms with Gasteiger partial charge in [-0.1, -0.05) is 59.8 Å². The van der Waals surface area contributed by atoms with Gasteiger partial charge in [0.05, 0.1) is 12.1 Å². The van der Waals surface area contributed by atoms with E-state index in [9.17, 15) is 14.4 Å². The molecule has 2 aromatic rings. The van der Waals surface area contributed by atoms with Gasteiger partial charge in [0.15, 0.2) is 5.84 Å². The maximum absolute atomic E-state index is 12.8. The van der Waals surface area contributed by atoms with Gasteiger partial charge in [0.1, 0.15) is 0 Å². The molecule has 3 atom stereocenters. The summed E-state index contributed by atoms with van der Waals surface area (Å²) in [5, 5.41) is 6.46. The Bertz CT molecular complexity index is 1020. The van der Waals surface area contributed by atoms with E-state index in [0.717, 1.165) is 11.1 Å².